The summed E-state index contributed by atoms with van der Waals surface area (Å²) in [6, 6.07) is 26.8. The van der Waals surface area contributed by atoms with Crippen molar-refractivity contribution in [3.63, 3.8) is 0 Å². The Morgan fingerprint density at radius 2 is 1.16 bits per heavy atom. The molecule has 0 spiro atoms. The quantitative estimate of drug-likeness (QED) is 0.517. The molecule has 0 bridgehead atoms. The average Bonchev–Trinajstić information content (AvgIpc) is 3.08. The lowest BCUT2D eigenvalue weighted by molar-refractivity contribution is 1.06. The van der Waals surface area contributed by atoms with Gasteiger partial charge in [0.1, 0.15) is 0 Å². The highest BCUT2D eigenvalue weighted by molar-refractivity contribution is 5.70. The van der Waals surface area contributed by atoms with Gasteiger partial charge < -0.3 is 0 Å². The minimum atomic E-state index is 0.851. The van der Waals surface area contributed by atoms with Crippen molar-refractivity contribution in [2.75, 3.05) is 0 Å². The fourth-order valence-corrected chi connectivity index (χ4v) is 3.21. The first-order valence-corrected chi connectivity index (χ1v) is 8.38. The number of rotatable bonds is 3. The van der Waals surface area contributed by atoms with Crippen LogP contribution in [0.25, 0.3) is 28.5 Å². The predicted octanol–water partition coefficient (Wildman–Crippen LogP) is 5.22. The SMILES string of the molecule is Cc1cccc(C)c1-c1nnc(-c2ccccc2)n1-c1ccccc1. The Labute approximate surface area is 147 Å². The van der Waals surface area contributed by atoms with Crippen LogP contribution >= 0.6 is 0 Å². The zero-order chi connectivity index (χ0) is 17.2. The van der Waals surface area contributed by atoms with Crippen molar-refractivity contribution in [3.05, 3.63) is 90.0 Å². The molecule has 0 unspecified atom stereocenters. The maximum Gasteiger partial charge on any atom is 0.169 e. The zero-order valence-electron chi connectivity index (χ0n) is 14.3. The van der Waals surface area contributed by atoms with Gasteiger partial charge in [0.25, 0.3) is 0 Å². The normalized spacial score (nSPS) is 10.8. The van der Waals surface area contributed by atoms with E-state index in [9.17, 15) is 0 Å². The van der Waals surface area contributed by atoms with Gasteiger partial charge in [0.2, 0.25) is 0 Å². The number of benzene rings is 3. The van der Waals surface area contributed by atoms with Crippen LogP contribution in [0.2, 0.25) is 0 Å². The maximum atomic E-state index is 4.57. The van der Waals surface area contributed by atoms with Gasteiger partial charge in [-0.25, -0.2) is 0 Å². The summed E-state index contributed by atoms with van der Waals surface area (Å²) in [7, 11) is 0. The van der Waals surface area contributed by atoms with Crippen molar-refractivity contribution in [1.82, 2.24) is 14.8 Å². The van der Waals surface area contributed by atoms with Gasteiger partial charge in [0, 0.05) is 16.8 Å². The summed E-state index contributed by atoms with van der Waals surface area (Å²) in [5.41, 5.74) is 5.65. The standard InChI is InChI=1S/C22H19N3/c1-16-10-9-11-17(2)20(16)22-24-23-21(18-12-5-3-6-13-18)25(22)19-14-7-4-8-15-19/h3-15H,1-2H3. The van der Waals surface area contributed by atoms with Crippen molar-refractivity contribution in [2.24, 2.45) is 0 Å². The van der Waals surface area contributed by atoms with E-state index in [1.165, 1.54) is 11.1 Å². The first-order valence-electron chi connectivity index (χ1n) is 8.38. The number of hydrogen-bond acceptors (Lipinski definition) is 2. The second kappa shape index (κ2) is 6.36. The summed E-state index contributed by atoms with van der Waals surface area (Å²) >= 11 is 0. The summed E-state index contributed by atoms with van der Waals surface area (Å²) in [4.78, 5) is 0. The van der Waals surface area contributed by atoms with Gasteiger partial charge >= 0.3 is 0 Å². The monoisotopic (exact) mass is 325 g/mol. The number of aryl methyl sites for hydroxylation is 2. The minimum absolute atomic E-state index is 0.851. The smallest absolute Gasteiger partial charge is 0.169 e. The van der Waals surface area contributed by atoms with Crippen molar-refractivity contribution < 1.29 is 0 Å². The third kappa shape index (κ3) is 2.74. The summed E-state index contributed by atoms with van der Waals surface area (Å²) in [5.74, 6) is 1.73. The summed E-state index contributed by atoms with van der Waals surface area (Å²) in [5, 5.41) is 9.11. The summed E-state index contributed by atoms with van der Waals surface area (Å²) < 4.78 is 2.14. The molecule has 0 atom stereocenters. The highest BCUT2D eigenvalue weighted by atomic mass is 15.3. The average molecular weight is 325 g/mol. The molecule has 1 aromatic heterocycles. The predicted molar refractivity (Wildman–Crippen MR) is 102 cm³/mol. The van der Waals surface area contributed by atoms with Crippen molar-refractivity contribution in [2.45, 2.75) is 13.8 Å². The Morgan fingerprint density at radius 1 is 0.600 bits per heavy atom. The van der Waals surface area contributed by atoms with Gasteiger partial charge in [-0.3, -0.25) is 4.57 Å². The van der Waals surface area contributed by atoms with Crippen LogP contribution in [0.1, 0.15) is 11.1 Å². The molecule has 0 N–H and O–H groups in total. The van der Waals surface area contributed by atoms with Crippen LogP contribution in [0, 0.1) is 13.8 Å². The Morgan fingerprint density at radius 3 is 1.80 bits per heavy atom. The van der Waals surface area contributed by atoms with E-state index in [0.29, 0.717) is 0 Å². The molecule has 4 rings (SSSR count). The Bertz CT molecular complexity index is 982. The van der Waals surface area contributed by atoms with Crippen LogP contribution in [0.15, 0.2) is 78.9 Å². The molecule has 3 heteroatoms. The van der Waals surface area contributed by atoms with E-state index in [2.05, 4.69) is 71.1 Å². The molecule has 1 heterocycles. The third-order valence-electron chi connectivity index (χ3n) is 4.41. The van der Waals surface area contributed by atoms with Gasteiger partial charge in [-0.1, -0.05) is 66.7 Å². The molecule has 3 aromatic carbocycles. The van der Waals surface area contributed by atoms with Gasteiger partial charge in [-0.15, -0.1) is 10.2 Å². The molecule has 0 saturated heterocycles. The van der Waals surface area contributed by atoms with Crippen LogP contribution < -0.4 is 0 Å². The van der Waals surface area contributed by atoms with Gasteiger partial charge in [-0.05, 0) is 37.1 Å². The van der Waals surface area contributed by atoms with Crippen LogP contribution in [-0.2, 0) is 0 Å². The van der Waals surface area contributed by atoms with E-state index in [-0.39, 0.29) is 0 Å². The van der Waals surface area contributed by atoms with E-state index in [1.807, 2.05) is 36.4 Å². The molecule has 0 aliphatic carbocycles. The van der Waals surface area contributed by atoms with E-state index >= 15 is 0 Å². The first-order chi connectivity index (χ1) is 12.3. The van der Waals surface area contributed by atoms with Crippen LogP contribution in [0.4, 0.5) is 0 Å². The second-order valence-electron chi connectivity index (χ2n) is 6.15. The molecule has 122 valence electrons. The highest BCUT2D eigenvalue weighted by Gasteiger charge is 2.19. The zero-order valence-corrected chi connectivity index (χ0v) is 14.3. The second-order valence-corrected chi connectivity index (χ2v) is 6.15. The van der Waals surface area contributed by atoms with Crippen LogP contribution in [0.3, 0.4) is 0 Å². The van der Waals surface area contributed by atoms with Gasteiger partial charge in [0.15, 0.2) is 11.6 Å². The largest absolute Gasteiger partial charge is 0.275 e. The minimum Gasteiger partial charge on any atom is -0.275 e. The summed E-state index contributed by atoms with van der Waals surface area (Å²) in [6.07, 6.45) is 0. The molecule has 0 radical (unpaired) electrons. The molecule has 0 saturated carbocycles. The molecule has 3 nitrogen and oxygen atoms in total. The van der Waals surface area contributed by atoms with E-state index in [1.54, 1.807) is 0 Å². The van der Waals surface area contributed by atoms with Crippen LogP contribution in [-0.4, -0.2) is 14.8 Å². The molecule has 0 fully saturated rings. The van der Waals surface area contributed by atoms with Gasteiger partial charge in [0.05, 0.1) is 0 Å². The molecule has 0 amide bonds. The fraction of sp³-hybridized carbons (Fsp3) is 0.0909. The number of nitrogens with zero attached hydrogens (tertiary/aromatic N) is 3. The fourth-order valence-electron chi connectivity index (χ4n) is 3.21. The third-order valence-corrected chi connectivity index (χ3v) is 4.41. The molecule has 0 aliphatic heterocycles. The molecular weight excluding hydrogens is 306 g/mol. The number of para-hydroxylation sites is 1. The van der Waals surface area contributed by atoms with E-state index < -0.39 is 0 Å². The Kier molecular flexibility index (Phi) is 3.90. The van der Waals surface area contributed by atoms with Crippen molar-refractivity contribution in [1.29, 1.82) is 0 Å². The lowest BCUT2D eigenvalue weighted by Gasteiger charge is -2.13. The number of hydrogen-bond donors (Lipinski definition) is 0. The topological polar surface area (TPSA) is 30.7 Å². The van der Waals surface area contributed by atoms with Crippen molar-refractivity contribution in [3.8, 4) is 28.5 Å². The maximum absolute atomic E-state index is 4.57. The molecular formula is C22H19N3. The lowest BCUT2D eigenvalue weighted by Crippen LogP contribution is -2.02. The number of aromatic nitrogens is 3. The first kappa shape index (κ1) is 15.3. The summed E-state index contributed by atoms with van der Waals surface area (Å²) in [6.45, 7) is 4.24. The Balaban J connectivity index is 2.03. The van der Waals surface area contributed by atoms with Gasteiger partial charge in [-0.2, -0.15) is 0 Å². The Hall–Kier alpha value is -3.20. The van der Waals surface area contributed by atoms with Crippen molar-refractivity contribution >= 4 is 0 Å². The molecule has 0 aliphatic rings. The molecule has 4 aromatic rings. The van der Waals surface area contributed by atoms with E-state index in [4.69, 9.17) is 0 Å². The molecule has 25 heavy (non-hydrogen) atoms. The van der Waals surface area contributed by atoms with Crippen LogP contribution in [0.5, 0.6) is 0 Å². The van der Waals surface area contributed by atoms with E-state index in [0.717, 1.165) is 28.5 Å². The lowest BCUT2D eigenvalue weighted by atomic mass is 10.0. The highest BCUT2D eigenvalue weighted by Crippen LogP contribution is 2.31.